The molecule has 0 heterocycles. The van der Waals surface area contributed by atoms with Gasteiger partial charge in [0.15, 0.2) is 0 Å². The van der Waals surface area contributed by atoms with Gasteiger partial charge in [-0.1, -0.05) is 18.9 Å². The summed E-state index contributed by atoms with van der Waals surface area (Å²) in [6.07, 6.45) is 3.82. The fourth-order valence-electron chi connectivity index (χ4n) is 3.07. The van der Waals surface area contributed by atoms with Gasteiger partial charge in [0, 0.05) is 16.1 Å². The van der Waals surface area contributed by atoms with Crippen molar-refractivity contribution in [2.45, 2.75) is 39.5 Å². The number of rotatable bonds is 5. The van der Waals surface area contributed by atoms with Crippen molar-refractivity contribution in [2.24, 2.45) is 5.41 Å². The van der Waals surface area contributed by atoms with Crippen molar-refractivity contribution in [2.75, 3.05) is 12.4 Å². The van der Waals surface area contributed by atoms with E-state index in [0.29, 0.717) is 6.61 Å². The zero-order chi connectivity index (χ0) is 14.8. The predicted octanol–water partition coefficient (Wildman–Crippen LogP) is 3.81. The van der Waals surface area contributed by atoms with E-state index in [0.717, 1.165) is 42.6 Å². The van der Waals surface area contributed by atoms with Crippen LogP contribution in [-0.4, -0.2) is 20.8 Å². The zero-order valence-electron chi connectivity index (χ0n) is 12.0. The molecule has 1 aliphatic rings. The highest BCUT2D eigenvalue weighted by molar-refractivity contribution is 8.13. The van der Waals surface area contributed by atoms with Crippen LogP contribution in [-0.2, 0) is 9.05 Å². The van der Waals surface area contributed by atoms with Crippen LogP contribution in [0, 0.1) is 19.3 Å². The minimum Gasteiger partial charge on any atom is -0.493 e. The lowest BCUT2D eigenvalue weighted by molar-refractivity contribution is 0.171. The van der Waals surface area contributed by atoms with Crippen LogP contribution >= 0.6 is 10.7 Å². The summed E-state index contributed by atoms with van der Waals surface area (Å²) in [5.74, 6) is 0.813. The second-order valence-electron chi connectivity index (χ2n) is 6.00. The number of ether oxygens (including phenoxy) is 1. The van der Waals surface area contributed by atoms with E-state index in [1.165, 1.54) is 0 Å². The minimum absolute atomic E-state index is 0.00630. The van der Waals surface area contributed by atoms with Gasteiger partial charge in [-0.2, -0.15) is 0 Å². The van der Waals surface area contributed by atoms with E-state index in [2.05, 4.69) is 6.07 Å². The molecule has 0 saturated heterocycles. The maximum absolute atomic E-state index is 11.4. The molecule has 20 heavy (non-hydrogen) atoms. The average molecular weight is 317 g/mol. The van der Waals surface area contributed by atoms with Crippen LogP contribution in [0.1, 0.15) is 36.8 Å². The Morgan fingerprint density at radius 2 is 1.70 bits per heavy atom. The van der Waals surface area contributed by atoms with Crippen LogP contribution in [0.15, 0.2) is 18.2 Å². The zero-order valence-corrected chi connectivity index (χ0v) is 13.6. The topological polar surface area (TPSA) is 43.4 Å². The van der Waals surface area contributed by atoms with Crippen molar-refractivity contribution in [1.29, 1.82) is 0 Å². The molecule has 0 unspecified atom stereocenters. The third-order valence-electron chi connectivity index (χ3n) is 3.88. The molecule has 1 saturated carbocycles. The van der Waals surface area contributed by atoms with E-state index in [9.17, 15) is 8.42 Å². The Bertz CT molecular complexity index is 555. The lowest BCUT2D eigenvalue weighted by atomic mass is 9.90. The number of aryl methyl sites for hydroxylation is 2. The molecule has 112 valence electrons. The largest absolute Gasteiger partial charge is 0.493 e. The Labute approximate surface area is 125 Å². The minimum atomic E-state index is -3.49. The summed E-state index contributed by atoms with van der Waals surface area (Å²) in [5.41, 5.74) is 1.97. The smallest absolute Gasteiger partial charge is 0.233 e. The molecule has 5 heteroatoms. The summed E-state index contributed by atoms with van der Waals surface area (Å²) < 4.78 is 28.7. The van der Waals surface area contributed by atoms with Crippen molar-refractivity contribution in [3.63, 3.8) is 0 Å². The fourth-order valence-corrected chi connectivity index (χ4v) is 4.87. The van der Waals surface area contributed by atoms with Crippen molar-refractivity contribution < 1.29 is 13.2 Å². The van der Waals surface area contributed by atoms with Gasteiger partial charge in [0.1, 0.15) is 5.75 Å². The molecule has 1 fully saturated rings. The quantitative estimate of drug-likeness (QED) is 0.776. The molecular formula is C15H21ClO3S. The molecule has 0 amide bonds. The first-order valence-corrected chi connectivity index (χ1v) is 9.39. The van der Waals surface area contributed by atoms with Crippen LogP contribution in [0.3, 0.4) is 0 Å². The number of hydrogen-bond acceptors (Lipinski definition) is 3. The first kappa shape index (κ1) is 15.6. The van der Waals surface area contributed by atoms with E-state index in [1.807, 2.05) is 26.0 Å². The van der Waals surface area contributed by atoms with Gasteiger partial charge in [-0.05, 0) is 49.9 Å². The van der Waals surface area contributed by atoms with E-state index in [-0.39, 0.29) is 11.2 Å². The number of hydrogen-bond donors (Lipinski definition) is 0. The molecule has 0 bridgehead atoms. The van der Waals surface area contributed by atoms with Crippen LogP contribution in [0.25, 0.3) is 0 Å². The monoisotopic (exact) mass is 316 g/mol. The maximum Gasteiger partial charge on any atom is 0.233 e. The van der Waals surface area contributed by atoms with Crippen LogP contribution in [0.2, 0.25) is 0 Å². The van der Waals surface area contributed by atoms with Gasteiger partial charge in [0.25, 0.3) is 0 Å². The summed E-state index contributed by atoms with van der Waals surface area (Å²) in [6.45, 7) is 4.46. The van der Waals surface area contributed by atoms with Crippen LogP contribution in [0.4, 0.5) is 0 Å². The SMILES string of the molecule is Cc1cc(C)cc(OCC2(CS(=O)(=O)Cl)CCCC2)c1. The second kappa shape index (κ2) is 5.94. The fraction of sp³-hybridized carbons (Fsp3) is 0.600. The Hall–Kier alpha value is -0.740. The van der Waals surface area contributed by atoms with Crippen molar-refractivity contribution >= 4 is 19.7 Å². The van der Waals surface area contributed by atoms with Crippen LogP contribution in [0.5, 0.6) is 5.75 Å². The molecule has 2 rings (SSSR count). The normalized spacial score (nSPS) is 18.1. The molecule has 0 N–H and O–H groups in total. The van der Waals surface area contributed by atoms with Crippen molar-refractivity contribution in [1.82, 2.24) is 0 Å². The van der Waals surface area contributed by atoms with Crippen LogP contribution < -0.4 is 4.74 Å². The lowest BCUT2D eigenvalue weighted by Gasteiger charge is -2.27. The molecule has 1 aromatic carbocycles. The van der Waals surface area contributed by atoms with E-state index in [1.54, 1.807) is 0 Å². The molecule has 0 aliphatic heterocycles. The molecule has 0 spiro atoms. The van der Waals surface area contributed by atoms with Gasteiger partial charge in [-0.25, -0.2) is 8.42 Å². The molecule has 1 aliphatic carbocycles. The lowest BCUT2D eigenvalue weighted by Crippen LogP contribution is -2.32. The molecule has 0 radical (unpaired) electrons. The molecule has 0 aromatic heterocycles. The highest BCUT2D eigenvalue weighted by Crippen LogP contribution is 2.40. The molecular weight excluding hydrogens is 296 g/mol. The number of halogens is 1. The third kappa shape index (κ3) is 4.38. The summed E-state index contributed by atoms with van der Waals surface area (Å²) in [4.78, 5) is 0. The first-order chi connectivity index (χ1) is 9.28. The van der Waals surface area contributed by atoms with E-state index >= 15 is 0 Å². The first-order valence-electron chi connectivity index (χ1n) is 6.92. The summed E-state index contributed by atoms with van der Waals surface area (Å²) in [6, 6.07) is 6.04. The third-order valence-corrected chi connectivity index (χ3v) is 5.17. The Kier molecular flexibility index (Phi) is 4.65. The van der Waals surface area contributed by atoms with E-state index < -0.39 is 9.05 Å². The molecule has 3 nitrogen and oxygen atoms in total. The second-order valence-corrected chi connectivity index (χ2v) is 8.78. The standard InChI is InChI=1S/C15H21ClO3S/c1-12-7-13(2)9-14(8-12)19-10-15(5-3-4-6-15)11-20(16,17)18/h7-9H,3-6,10-11H2,1-2H3. The van der Waals surface area contributed by atoms with Gasteiger partial charge in [-0.15, -0.1) is 0 Å². The van der Waals surface area contributed by atoms with Crippen molar-refractivity contribution in [3.8, 4) is 5.75 Å². The van der Waals surface area contributed by atoms with Gasteiger partial charge in [-0.3, -0.25) is 0 Å². The Balaban J connectivity index is 2.09. The Morgan fingerprint density at radius 1 is 1.15 bits per heavy atom. The van der Waals surface area contributed by atoms with Gasteiger partial charge >= 0.3 is 0 Å². The highest BCUT2D eigenvalue weighted by atomic mass is 35.7. The van der Waals surface area contributed by atoms with Crippen molar-refractivity contribution in [3.05, 3.63) is 29.3 Å². The predicted molar refractivity (Wildman–Crippen MR) is 82.0 cm³/mol. The summed E-state index contributed by atoms with van der Waals surface area (Å²) in [7, 11) is 1.96. The maximum atomic E-state index is 11.4. The average Bonchev–Trinajstić information content (AvgIpc) is 2.72. The number of benzene rings is 1. The van der Waals surface area contributed by atoms with E-state index in [4.69, 9.17) is 15.4 Å². The highest BCUT2D eigenvalue weighted by Gasteiger charge is 2.38. The van der Waals surface area contributed by atoms with Gasteiger partial charge in [0.2, 0.25) is 9.05 Å². The molecule has 0 atom stereocenters. The van der Waals surface area contributed by atoms with Gasteiger partial charge < -0.3 is 4.74 Å². The summed E-state index contributed by atoms with van der Waals surface area (Å²) >= 11 is 0. The Morgan fingerprint density at radius 3 is 2.20 bits per heavy atom. The van der Waals surface area contributed by atoms with Gasteiger partial charge in [0.05, 0.1) is 12.4 Å². The molecule has 1 aromatic rings. The summed E-state index contributed by atoms with van der Waals surface area (Å²) in [5, 5.41) is 0.